The van der Waals surface area contributed by atoms with Crippen LogP contribution in [0.3, 0.4) is 0 Å². The van der Waals surface area contributed by atoms with Crippen LogP contribution in [0.2, 0.25) is 5.02 Å². The van der Waals surface area contributed by atoms with Gasteiger partial charge < -0.3 is 19.3 Å². The second-order valence-corrected chi connectivity index (χ2v) is 12.4. The lowest BCUT2D eigenvalue weighted by atomic mass is 10.0. The highest BCUT2D eigenvalue weighted by Gasteiger charge is 2.33. The van der Waals surface area contributed by atoms with E-state index in [1.54, 1.807) is 40.5 Å². The Morgan fingerprint density at radius 3 is 2.54 bits per heavy atom. The second kappa shape index (κ2) is 10.6. The maximum atomic E-state index is 13.7. The molecule has 11 heteroatoms. The molecule has 1 fully saturated rings. The highest BCUT2D eigenvalue weighted by Crippen LogP contribution is 2.45. The minimum Gasteiger partial charge on any atom is -0.444 e. The van der Waals surface area contributed by atoms with Gasteiger partial charge in [-0.1, -0.05) is 23.7 Å². The molecule has 0 radical (unpaired) electrons. The number of piperazine rings is 1. The van der Waals surface area contributed by atoms with Crippen LogP contribution in [0.4, 0.5) is 15.0 Å². The molecular weight excluding hydrogens is 543 g/mol. The van der Waals surface area contributed by atoms with Crippen LogP contribution in [0, 0.1) is 5.82 Å². The minimum absolute atomic E-state index is 0.124. The van der Waals surface area contributed by atoms with E-state index in [2.05, 4.69) is 9.88 Å². The molecule has 2 atom stereocenters. The first-order chi connectivity index (χ1) is 18.5. The van der Waals surface area contributed by atoms with Gasteiger partial charge in [-0.3, -0.25) is 4.57 Å². The second-order valence-electron chi connectivity index (χ2n) is 10.9. The molecule has 1 amide bonds. The summed E-state index contributed by atoms with van der Waals surface area (Å²) in [5.41, 5.74) is 1.29. The van der Waals surface area contributed by atoms with Crippen molar-refractivity contribution in [1.82, 2.24) is 14.5 Å². The van der Waals surface area contributed by atoms with Crippen molar-refractivity contribution in [1.29, 1.82) is 0 Å². The lowest BCUT2D eigenvalue weighted by Crippen LogP contribution is -2.55. The first-order valence-electron chi connectivity index (χ1n) is 12.9. The van der Waals surface area contributed by atoms with Gasteiger partial charge in [-0.05, 0) is 51.5 Å². The molecule has 0 aliphatic carbocycles. The van der Waals surface area contributed by atoms with Crippen molar-refractivity contribution in [2.45, 2.75) is 56.9 Å². The summed E-state index contributed by atoms with van der Waals surface area (Å²) in [6.45, 7) is 9.22. The van der Waals surface area contributed by atoms with Crippen molar-refractivity contribution < 1.29 is 18.7 Å². The Hall–Kier alpha value is -2.82. The summed E-state index contributed by atoms with van der Waals surface area (Å²) < 4.78 is 26.6. The molecule has 208 valence electrons. The summed E-state index contributed by atoms with van der Waals surface area (Å²) in [5, 5.41) is 1.24. The Morgan fingerprint density at radius 1 is 1.18 bits per heavy atom. The van der Waals surface area contributed by atoms with E-state index in [4.69, 9.17) is 21.1 Å². The average molecular weight is 575 g/mol. The molecule has 3 heterocycles. The van der Waals surface area contributed by atoms with Gasteiger partial charge in [0.05, 0.1) is 23.2 Å². The van der Waals surface area contributed by atoms with Gasteiger partial charge in [-0.15, -0.1) is 11.8 Å². The average Bonchev–Trinajstić information content (AvgIpc) is 3.07. The van der Waals surface area contributed by atoms with Crippen molar-refractivity contribution in [3.63, 3.8) is 0 Å². The molecule has 0 spiro atoms. The minimum atomic E-state index is -0.584. The third kappa shape index (κ3) is 5.47. The Bertz CT molecular complexity index is 1470. The molecule has 1 saturated heterocycles. The zero-order valence-electron chi connectivity index (χ0n) is 22.7. The summed E-state index contributed by atoms with van der Waals surface area (Å²) in [7, 11) is 1.63. The van der Waals surface area contributed by atoms with Gasteiger partial charge in [0.25, 0.3) is 0 Å². The first-order valence-corrected chi connectivity index (χ1v) is 14.3. The highest BCUT2D eigenvalue weighted by molar-refractivity contribution is 7.99. The first kappa shape index (κ1) is 27.7. The van der Waals surface area contributed by atoms with Crippen molar-refractivity contribution in [3.05, 3.63) is 51.7 Å². The SMILES string of the molecule is COC1CSc2c(-c3ccc(F)cc3)c(Cl)cc3c(N4CCN(C(=O)OC(C)(C)C)CC4C)nc(=O)n(c23)C1. The zero-order chi connectivity index (χ0) is 28.1. The van der Waals surface area contributed by atoms with Gasteiger partial charge in [0, 0.05) is 54.4 Å². The molecular formula is C28H32ClFN4O4S. The van der Waals surface area contributed by atoms with Crippen molar-refractivity contribution >= 4 is 46.2 Å². The number of hydrogen-bond donors (Lipinski definition) is 0. The van der Waals surface area contributed by atoms with E-state index in [-0.39, 0.29) is 29.7 Å². The number of carbonyl (C=O) groups excluding carboxylic acids is 1. The highest BCUT2D eigenvalue weighted by atomic mass is 35.5. The number of aromatic nitrogens is 2. The third-order valence-electron chi connectivity index (χ3n) is 6.97. The van der Waals surface area contributed by atoms with E-state index in [0.717, 1.165) is 26.9 Å². The molecule has 8 nitrogen and oxygen atoms in total. The Morgan fingerprint density at radius 2 is 1.90 bits per heavy atom. The predicted octanol–water partition coefficient (Wildman–Crippen LogP) is 5.42. The maximum Gasteiger partial charge on any atom is 0.410 e. The number of ether oxygens (including phenoxy) is 2. The third-order valence-corrected chi connectivity index (χ3v) is 8.49. The number of methoxy groups -OCH3 is 1. The maximum absolute atomic E-state index is 13.7. The van der Waals surface area contributed by atoms with Crippen molar-refractivity contribution in [2.75, 3.05) is 37.4 Å². The lowest BCUT2D eigenvalue weighted by Gasteiger charge is -2.41. The van der Waals surface area contributed by atoms with Crippen molar-refractivity contribution in [2.24, 2.45) is 0 Å². The van der Waals surface area contributed by atoms with Crippen LogP contribution in [0.15, 0.2) is 40.0 Å². The topological polar surface area (TPSA) is 76.9 Å². The van der Waals surface area contributed by atoms with E-state index in [1.165, 1.54) is 12.1 Å². The molecule has 3 aromatic rings. The Labute approximate surface area is 236 Å². The number of nitrogens with zero attached hydrogens (tertiary/aromatic N) is 4. The molecule has 0 N–H and O–H groups in total. The fraction of sp³-hybridized carbons (Fsp3) is 0.464. The molecule has 1 aromatic heterocycles. The van der Waals surface area contributed by atoms with E-state index in [1.807, 2.05) is 33.8 Å². The van der Waals surface area contributed by atoms with Gasteiger partial charge in [0.2, 0.25) is 0 Å². The van der Waals surface area contributed by atoms with Gasteiger partial charge >= 0.3 is 11.8 Å². The summed E-state index contributed by atoms with van der Waals surface area (Å²) in [6.07, 6.45) is -0.559. The molecule has 2 aliphatic heterocycles. The van der Waals surface area contributed by atoms with Gasteiger partial charge in [-0.2, -0.15) is 4.98 Å². The van der Waals surface area contributed by atoms with Gasteiger partial charge in [0.1, 0.15) is 17.2 Å². The molecule has 2 unspecified atom stereocenters. The smallest absolute Gasteiger partial charge is 0.410 e. The Kier molecular flexibility index (Phi) is 7.56. The standard InChI is InChI=1S/C28H32ClFN4O4S/c1-16-13-32(27(36)38-28(2,3)4)10-11-33(16)25-20-12-21(29)22(17-6-8-18(30)9-7-17)24-23(20)34(26(35)31-25)14-19(37-5)15-39-24/h6-9,12,16,19H,10-11,13-15H2,1-5H3. The zero-order valence-corrected chi connectivity index (χ0v) is 24.2. The van der Waals surface area contributed by atoms with Gasteiger partial charge in [-0.25, -0.2) is 14.0 Å². The van der Waals surface area contributed by atoms with Crippen LogP contribution in [0.25, 0.3) is 22.0 Å². The molecule has 0 bridgehead atoms. The summed E-state index contributed by atoms with van der Waals surface area (Å²) >= 11 is 8.50. The van der Waals surface area contributed by atoms with Crippen LogP contribution in [-0.2, 0) is 16.0 Å². The van der Waals surface area contributed by atoms with Gasteiger partial charge in [0.15, 0.2) is 0 Å². The predicted molar refractivity (Wildman–Crippen MR) is 153 cm³/mol. The number of hydrogen-bond acceptors (Lipinski definition) is 7. The molecule has 2 aromatic carbocycles. The summed E-state index contributed by atoms with van der Waals surface area (Å²) in [4.78, 5) is 35.4. The van der Waals surface area contributed by atoms with E-state index < -0.39 is 5.60 Å². The largest absolute Gasteiger partial charge is 0.444 e. The fourth-order valence-electron chi connectivity index (χ4n) is 5.12. The number of carbonyl (C=O) groups is 1. The van der Waals surface area contributed by atoms with Crippen LogP contribution in [-0.4, -0.2) is 70.8 Å². The summed E-state index contributed by atoms with van der Waals surface area (Å²) in [5.74, 6) is 0.811. The van der Waals surface area contributed by atoms with Crippen LogP contribution in [0.5, 0.6) is 0 Å². The molecule has 0 saturated carbocycles. The monoisotopic (exact) mass is 574 g/mol. The number of benzene rings is 2. The number of rotatable bonds is 3. The van der Waals surface area contributed by atoms with E-state index in [0.29, 0.717) is 42.8 Å². The van der Waals surface area contributed by atoms with Crippen LogP contribution >= 0.6 is 23.4 Å². The summed E-state index contributed by atoms with van der Waals surface area (Å²) in [6, 6.07) is 7.91. The molecule has 5 rings (SSSR count). The lowest BCUT2D eigenvalue weighted by molar-refractivity contribution is 0.0218. The Balaban J connectivity index is 1.63. The number of thioether (sulfide) groups is 1. The quantitative estimate of drug-likeness (QED) is 0.413. The number of halogens is 2. The number of anilines is 1. The normalized spacial score (nSPS) is 19.8. The van der Waals surface area contributed by atoms with Crippen LogP contribution < -0.4 is 10.6 Å². The molecule has 2 aliphatic rings. The number of amides is 1. The van der Waals surface area contributed by atoms with Crippen LogP contribution in [0.1, 0.15) is 27.7 Å². The fourth-order valence-corrected chi connectivity index (χ4v) is 6.81. The molecule has 39 heavy (non-hydrogen) atoms. The van der Waals surface area contributed by atoms with E-state index >= 15 is 0 Å². The van der Waals surface area contributed by atoms with E-state index in [9.17, 15) is 14.0 Å². The van der Waals surface area contributed by atoms with Crippen molar-refractivity contribution in [3.8, 4) is 11.1 Å².